The number of hydrogen-bond donors (Lipinski definition) is 2. The topological polar surface area (TPSA) is 95.6 Å². The van der Waals surface area contributed by atoms with E-state index in [1.54, 1.807) is 36.1 Å². The number of rotatable bonds is 6. The molecule has 2 aromatic carbocycles. The molecular weight excluding hydrogens is 426 g/mol. The first-order valence-corrected chi connectivity index (χ1v) is 11.5. The Balaban J connectivity index is 1.51. The van der Waals surface area contributed by atoms with E-state index in [2.05, 4.69) is 10.0 Å². The molecule has 1 heterocycles. The van der Waals surface area contributed by atoms with Crippen LogP contribution >= 0.6 is 11.6 Å². The van der Waals surface area contributed by atoms with Gasteiger partial charge in [0.1, 0.15) is 6.04 Å². The van der Waals surface area contributed by atoms with Crippen LogP contribution in [-0.2, 0) is 14.8 Å². The van der Waals surface area contributed by atoms with Crippen LogP contribution in [0.2, 0.25) is 5.02 Å². The van der Waals surface area contributed by atoms with Crippen LogP contribution in [0.4, 0.5) is 0 Å². The maximum atomic E-state index is 12.7. The van der Waals surface area contributed by atoms with Crippen molar-refractivity contribution in [3.05, 3.63) is 65.2 Å². The molecule has 0 aromatic heterocycles. The zero-order valence-corrected chi connectivity index (χ0v) is 18.1. The molecule has 3 rings (SSSR count). The fourth-order valence-corrected chi connectivity index (χ4v) is 4.76. The highest BCUT2D eigenvalue weighted by Crippen LogP contribution is 2.18. The Morgan fingerprint density at radius 1 is 1.03 bits per heavy atom. The van der Waals surface area contributed by atoms with Crippen LogP contribution in [0.5, 0.6) is 0 Å². The van der Waals surface area contributed by atoms with E-state index >= 15 is 0 Å². The lowest BCUT2D eigenvalue weighted by Crippen LogP contribution is -2.52. The van der Waals surface area contributed by atoms with Gasteiger partial charge in [-0.25, -0.2) is 13.1 Å². The first-order chi connectivity index (χ1) is 14.3. The number of sulfonamides is 1. The van der Waals surface area contributed by atoms with Gasteiger partial charge in [0, 0.05) is 29.7 Å². The summed E-state index contributed by atoms with van der Waals surface area (Å²) in [6, 6.07) is 13.8. The number of benzene rings is 2. The van der Waals surface area contributed by atoms with Crippen LogP contribution in [-0.4, -0.2) is 50.3 Å². The van der Waals surface area contributed by atoms with E-state index in [-0.39, 0.29) is 22.8 Å². The summed E-state index contributed by atoms with van der Waals surface area (Å²) in [6.07, 6.45) is 0.996. The van der Waals surface area contributed by atoms with Crippen molar-refractivity contribution in [1.82, 2.24) is 14.9 Å². The van der Waals surface area contributed by atoms with Crippen molar-refractivity contribution in [2.75, 3.05) is 13.1 Å². The lowest BCUT2D eigenvalue weighted by atomic mass is 10.1. The van der Waals surface area contributed by atoms with Crippen LogP contribution in [0.15, 0.2) is 59.5 Å². The van der Waals surface area contributed by atoms with Crippen LogP contribution < -0.4 is 10.0 Å². The molecule has 1 saturated heterocycles. The van der Waals surface area contributed by atoms with Gasteiger partial charge in [-0.15, -0.1) is 0 Å². The zero-order valence-electron chi connectivity index (χ0n) is 16.5. The summed E-state index contributed by atoms with van der Waals surface area (Å²) in [5, 5.41) is 3.18. The zero-order chi connectivity index (χ0) is 21.7. The number of carbonyl (C=O) groups excluding carboxylic acids is 2. The van der Waals surface area contributed by atoms with E-state index in [4.69, 9.17) is 11.6 Å². The van der Waals surface area contributed by atoms with Gasteiger partial charge in [-0.3, -0.25) is 9.59 Å². The molecule has 7 nitrogen and oxygen atoms in total. The number of nitrogens with one attached hydrogen (secondary N) is 2. The average Bonchev–Trinajstić information content (AvgIpc) is 2.74. The predicted octanol–water partition coefficient (Wildman–Crippen LogP) is 2.43. The van der Waals surface area contributed by atoms with Crippen LogP contribution in [0.1, 0.15) is 30.1 Å². The van der Waals surface area contributed by atoms with Crippen molar-refractivity contribution >= 4 is 33.4 Å². The second-order valence-electron chi connectivity index (χ2n) is 7.24. The summed E-state index contributed by atoms with van der Waals surface area (Å²) in [7, 11) is -3.65. The molecule has 30 heavy (non-hydrogen) atoms. The lowest BCUT2D eigenvalue weighted by molar-refractivity contribution is -0.133. The van der Waals surface area contributed by atoms with Gasteiger partial charge in [0.25, 0.3) is 5.91 Å². The van der Waals surface area contributed by atoms with Crippen LogP contribution in [0, 0.1) is 0 Å². The maximum Gasteiger partial charge on any atom is 0.251 e. The van der Waals surface area contributed by atoms with Crippen molar-refractivity contribution in [2.24, 2.45) is 0 Å². The van der Waals surface area contributed by atoms with Gasteiger partial charge >= 0.3 is 0 Å². The van der Waals surface area contributed by atoms with Gasteiger partial charge in [-0.2, -0.15) is 0 Å². The van der Waals surface area contributed by atoms with E-state index in [1.165, 1.54) is 24.3 Å². The molecule has 0 unspecified atom stereocenters. The quantitative estimate of drug-likeness (QED) is 0.708. The highest BCUT2D eigenvalue weighted by molar-refractivity contribution is 7.89. The second-order valence-corrected chi connectivity index (χ2v) is 9.39. The Bertz CT molecular complexity index is 989. The number of amides is 2. The van der Waals surface area contributed by atoms with Crippen molar-refractivity contribution in [1.29, 1.82) is 0 Å². The summed E-state index contributed by atoms with van der Waals surface area (Å²) >= 11 is 5.81. The maximum absolute atomic E-state index is 12.7. The van der Waals surface area contributed by atoms with Crippen LogP contribution in [0.3, 0.4) is 0 Å². The highest BCUT2D eigenvalue weighted by Gasteiger charge is 2.29. The molecule has 2 aromatic rings. The van der Waals surface area contributed by atoms with E-state index in [9.17, 15) is 18.0 Å². The van der Waals surface area contributed by atoms with Gasteiger partial charge in [-0.05, 0) is 56.2 Å². The third kappa shape index (κ3) is 5.59. The van der Waals surface area contributed by atoms with Gasteiger partial charge in [-0.1, -0.05) is 29.8 Å². The molecule has 0 aliphatic carbocycles. The molecule has 2 N–H and O–H groups in total. The molecule has 1 aliphatic heterocycles. The molecule has 0 radical (unpaired) electrons. The molecule has 2 amide bonds. The second kappa shape index (κ2) is 9.59. The van der Waals surface area contributed by atoms with E-state index in [0.29, 0.717) is 36.5 Å². The minimum absolute atomic E-state index is 0.155. The fraction of sp³-hybridized carbons (Fsp3) is 0.333. The summed E-state index contributed by atoms with van der Waals surface area (Å²) in [4.78, 5) is 26.7. The summed E-state index contributed by atoms with van der Waals surface area (Å²) in [5.74, 6) is -0.486. The molecule has 160 valence electrons. The fourth-order valence-electron chi connectivity index (χ4n) is 3.32. The SMILES string of the molecule is C[C@@H](NC(=O)c1ccccc1)C(=O)N1CCC(NS(=O)(=O)c2ccc(Cl)cc2)CC1. The molecule has 0 spiro atoms. The molecule has 1 fully saturated rings. The standard InChI is InChI=1S/C21H24ClN3O4S/c1-15(23-20(26)16-5-3-2-4-6-16)21(27)25-13-11-18(12-14-25)24-30(28,29)19-9-7-17(22)8-10-19/h2-10,15,18,24H,11-14H2,1H3,(H,23,26)/t15-/m1/s1. The number of halogens is 1. The Morgan fingerprint density at radius 3 is 2.23 bits per heavy atom. The molecule has 9 heteroatoms. The molecule has 0 saturated carbocycles. The van der Waals surface area contributed by atoms with Gasteiger partial charge in [0.2, 0.25) is 15.9 Å². The van der Waals surface area contributed by atoms with Crippen molar-refractivity contribution in [2.45, 2.75) is 36.7 Å². The van der Waals surface area contributed by atoms with Crippen molar-refractivity contribution in [3.63, 3.8) is 0 Å². The van der Waals surface area contributed by atoms with Crippen molar-refractivity contribution in [3.8, 4) is 0 Å². The molecule has 0 bridgehead atoms. The summed E-state index contributed by atoms with van der Waals surface area (Å²) in [6.45, 7) is 2.48. The summed E-state index contributed by atoms with van der Waals surface area (Å²) < 4.78 is 27.7. The Kier molecular flexibility index (Phi) is 7.12. The largest absolute Gasteiger partial charge is 0.341 e. The monoisotopic (exact) mass is 449 g/mol. The number of piperidine rings is 1. The first-order valence-electron chi connectivity index (χ1n) is 9.69. The Labute approximate surface area is 181 Å². The number of carbonyl (C=O) groups is 2. The van der Waals surface area contributed by atoms with E-state index in [0.717, 1.165) is 0 Å². The third-order valence-electron chi connectivity index (χ3n) is 5.01. The van der Waals surface area contributed by atoms with E-state index < -0.39 is 16.1 Å². The van der Waals surface area contributed by atoms with Crippen molar-refractivity contribution < 1.29 is 18.0 Å². The third-order valence-corrected chi connectivity index (χ3v) is 6.79. The van der Waals surface area contributed by atoms with Crippen LogP contribution in [0.25, 0.3) is 0 Å². The first kappa shape index (κ1) is 22.3. The number of hydrogen-bond acceptors (Lipinski definition) is 4. The van der Waals surface area contributed by atoms with Gasteiger partial charge in [0.05, 0.1) is 4.90 Å². The minimum Gasteiger partial charge on any atom is -0.341 e. The van der Waals surface area contributed by atoms with E-state index in [1.807, 2.05) is 6.07 Å². The highest BCUT2D eigenvalue weighted by atomic mass is 35.5. The van der Waals surface area contributed by atoms with Gasteiger partial charge in [0.15, 0.2) is 0 Å². The Morgan fingerprint density at radius 2 is 1.63 bits per heavy atom. The normalized spacial score (nSPS) is 16.1. The number of nitrogens with zero attached hydrogens (tertiary/aromatic N) is 1. The minimum atomic E-state index is -3.65. The molecule has 1 atom stereocenters. The molecule has 1 aliphatic rings. The van der Waals surface area contributed by atoms with Gasteiger partial charge < -0.3 is 10.2 Å². The average molecular weight is 450 g/mol. The molecular formula is C21H24ClN3O4S. The number of likely N-dealkylation sites (tertiary alicyclic amines) is 1. The predicted molar refractivity (Wildman–Crippen MR) is 115 cm³/mol. The lowest BCUT2D eigenvalue weighted by Gasteiger charge is -2.33. The Hall–Kier alpha value is -2.42. The smallest absolute Gasteiger partial charge is 0.251 e. The summed E-state index contributed by atoms with van der Waals surface area (Å²) in [5.41, 5.74) is 0.493.